The third-order valence-electron chi connectivity index (χ3n) is 2.59. The molecule has 0 fully saturated rings. The highest BCUT2D eigenvalue weighted by Gasteiger charge is 2.13. The quantitative estimate of drug-likeness (QED) is 0.723. The van der Waals surface area contributed by atoms with E-state index in [2.05, 4.69) is 15.1 Å². The molecule has 0 aliphatic heterocycles. The molecule has 4 nitrogen and oxygen atoms in total. The summed E-state index contributed by atoms with van der Waals surface area (Å²) in [5.41, 5.74) is 1.20. The molecular weight excluding hydrogens is 274 g/mol. The Kier molecular flexibility index (Phi) is 2.87. The minimum absolute atomic E-state index is 0.311. The molecule has 3 heterocycles. The van der Waals surface area contributed by atoms with Crippen LogP contribution in [0, 0.1) is 0 Å². The van der Waals surface area contributed by atoms with Gasteiger partial charge in [-0.1, -0.05) is 11.6 Å². The molecule has 3 aromatic rings. The minimum atomic E-state index is -2.63. The fraction of sp³-hybridized carbons (Fsp3) is 0.0833. The molecule has 0 bridgehead atoms. The minimum Gasteiger partial charge on any atom is -0.254 e. The van der Waals surface area contributed by atoms with Crippen molar-refractivity contribution in [3.8, 4) is 11.4 Å². The number of aromatic nitrogens is 4. The zero-order chi connectivity index (χ0) is 13.4. The average Bonchev–Trinajstić information content (AvgIpc) is 2.81. The summed E-state index contributed by atoms with van der Waals surface area (Å²) >= 11 is 5.88. The van der Waals surface area contributed by atoms with Gasteiger partial charge < -0.3 is 0 Å². The maximum Gasteiger partial charge on any atom is 0.282 e. The lowest BCUT2D eigenvalue weighted by molar-refractivity contribution is 0.144. The number of alkyl halides is 2. The second-order valence-electron chi connectivity index (χ2n) is 3.83. The Bertz CT molecular complexity index is 741. The summed E-state index contributed by atoms with van der Waals surface area (Å²) in [6, 6.07) is 6.00. The molecule has 96 valence electrons. The van der Waals surface area contributed by atoms with Crippen LogP contribution in [0.15, 0.2) is 36.7 Å². The number of halogens is 3. The second kappa shape index (κ2) is 4.55. The fourth-order valence-corrected chi connectivity index (χ4v) is 1.88. The predicted octanol–water partition coefficient (Wildman–Crippen LogP) is 3.38. The van der Waals surface area contributed by atoms with Gasteiger partial charge in [0.25, 0.3) is 6.43 Å². The van der Waals surface area contributed by atoms with E-state index in [9.17, 15) is 8.78 Å². The highest BCUT2D eigenvalue weighted by molar-refractivity contribution is 6.30. The van der Waals surface area contributed by atoms with Gasteiger partial charge in [-0.2, -0.15) is 5.10 Å². The Hall–Kier alpha value is -2.08. The standard InChI is InChI=1S/C12H7ClF2N4/c13-7-3-4-16-9(5-7)10-6-17-11-2-1-8(12(14)15)18-19(10)11/h1-6,12H. The largest absolute Gasteiger partial charge is 0.282 e. The molecule has 7 heteroatoms. The van der Waals surface area contributed by atoms with Crippen LogP contribution < -0.4 is 0 Å². The van der Waals surface area contributed by atoms with E-state index in [1.807, 2.05) is 0 Å². The molecule has 0 unspecified atom stereocenters. The number of rotatable bonds is 2. The van der Waals surface area contributed by atoms with E-state index in [-0.39, 0.29) is 5.69 Å². The number of fused-ring (bicyclic) bond motifs is 1. The van der Waals surface area contributed by atoms with Crippen molar-refractivity contribution in [1.82, 2.24) is 19.6 Å². The lowest BCUT2D eigenvalue weighted by atomic mass is 10.3. The third kappa shape index (κ3) is 2.15. The Labute approximate surface area is 111 Å². The number of imidazole rings is 1. The maximum absolute atomic E-state index is 12.7. The molecule has 3 rings (SSSR count). The van der Waals surface area contributed by atoms with E-state index >= 15 is 0 Å². The molecule has 0 radical (unpaired) electrons. The maximum atomic E-state index is 12.7. The zero-order valence-corrected chi connectivity index (χ0v) is 10.2. The molecule has 0 aliphatic rings. The van der Waals surface area contributed by atoms with E-state index in [1.54, 1.807) is 12.1 Å². The molecule has 0 spiro atoms. The fourth-order valence-electron chi connectivity index (χ4n) is 1.72. The predicted molar refractivity (Wildman–Crippen MR) is 66.2 cm³/mol. The molecule has 0 saturated carbocycles. The van der Waals surface area contributed by atoms with Gasteiger partial charge in [0.15, 0.2) is 5.65 Å². The van der Waals surface area contributed by atoms with Crippen molar-refractivity contribution >= 4 is 17.2 Å². The first-order valence-corrected chi connectivity index (χ1v) is 5.78. The lowest BCUT2D eigenvalue weighted by Gasteiger charge is -2.03. The highest BCUT2D eigenvalue weighted by atomic mass is 35.5. The molecule has 19 heavy (non-hydrogen) atoms. The van der Waals surface area contributed by atoms with Gasteiger partial charge in [0.1, 0.15) is 11.4 Å². The number of pyridine rings is 1. The molecule has 0 aliphatic carbocycles. The van der Waals surface area contributed by atoms with E-state index in [0.29, 0.717) is 22.1 Å². The van der Waals surface area contributed by atoms with Crippen LogP contribution in [-0.2, 0) is 0 Å². The van der Waals surface area contributed by atoms with Crippen molar-refractivity contribution < 1.29 is 8.78 Å². The first kappa shape index (κ1) is 12.0. The topological polar surface area (TPSA) is 43.1 Å². The Morgan fingerprint density at radius 2 is 2.00 bits per heavy atom. The van der Waals surface area contributed by atoms with Crippen LogP contribution in [0.5, 0.6) is 0 Å². The second-order valence-corrected chi connectivity index (χ2v) is 4.27. The first-order chi connectivity index (χ1) is 9.15. The van der Waals surface area contributed by atoms with Crippen LogP contribution >= 0.6 is 11.6 Å². The van der Waals surface area contributed by atoms with Crippen LogP contribution in [0.1, 0.15) is 12.1 Å². The lowest BCUT2D eigenvalue weighted by Crippen LogP contribution is -2.00. The molecular formula is C12H7ClF2N4. The number of hydrogen-bond donors (Lipinski definition) is 0. The molecule has 0 aromatic carbocycles. The number of nitrogens with zero attached hydrogens (tertiary/aromatic N) is 4. The molecule has 0 N–H and O–H groups in total. The summed E-state index contributed by atoms with van der Waals surface area (Å²) in [6.45, 7) is 0. The van der Waals surface area contributed by atoms with E-state index < -0.39 is 6.43 Å². The van der Waals surface area contributed by atoms with Crippen LogP contribution in [0.3, 0.4) is 0 Å². The normalized spacial score (nSPS) is 11.4. The Balaban J connectivity index is 2.21. The zero-order valence-electron chi connectivity index (χ0n) is 9.46. The van der Waals surface area contributed by atoms with Crippen molar-refractivity contribution in [3.63, 3.8) is 0 Å². The molecule has 0 atom stereocenters. The van der Waals surface area contributed by atoms with Gasteiger partial charge in [0, 0.05) is 11.2 Å². The highest BCUT2D eigenvalue weighted by Crippen LogP contribution is 2.22. The summed E-state index contributed by atoms with van der Waals surface area (Å²) < 4.78 is 26.7. The van der Waals surface area contributed by atoms with Gasteiger partial charge in [-0.15, -0.1) is 0 Å². The van der Waals surface area contributed by atoms with Crippen molar-refractivity contribution in [2.45, 2.75) is 6.43 Å². The molecule has 0 amide bonds. The van der Waals surface area contributed by atoms with E-state index in [0.717, 1.165) is 0 Å². The van der Waals surface area contributed by atoms with Gasteiger partial charge in [-0.05, 0) is 24.3 Å². The Morgan fingerprint density at radius 1 is 1.16 bits per heavy atom. The van der Waals surface area contributed by atoms with Crippen LogP contribution in [0.4, 0.5) is 8.78 Å². The van der Waals surface area contributed by atoms with Crippen LogP contribution in [0.25, 0.3) is 17.0 Å². The van der Waals surface area contributed by atoms with Gasteiger partial charge in [-0.3, -0.25) is 4.98 Å². The summed E-state index contributed by atoms with van der Waals surface area (Å²) in [4.78, 5) is 8.23. The van der Waals surface area contributed by atoms with Gasteiger partial charge in [-0.25, -0.2) is 18.3 Å². The first-order valence-electron chi connectivity index (χ1n) is 5.40. The third-order valence-corrected chi connectivity index (χ3v) is 2.83. The van der Waals surface area contributed by atoms with Crippen molar-refractivity contribution in [1.29, 1.82) is 0 Å². The Morgan fingerprint density at radius 3 is 2.74 bits per heavy atom. The SMILES string of the molecule is FC(F)c1ccc2ncc(-c3cc(Cl)ccn3)n2n1. The smallest absolute Gasteiger partial charge is 0.254 e. The van der Waals surface area contributed by atoms with Crippen molar-refractivity contribution in [2.75, 3.05) is 0 Å². The number of hydrogen-bond acceptors (Lipinski definition) is 3. The molecule has 3 aromatic heterocycles. The monoisotopic (exact) mass is 280 g/mol. The van der Waals surface area contributed by atoms with Gasteiger partial charge in [0.05, 0.1) is 11.9 Å². The van der Waals surface area contributed by atoms with E-state index in [4.69, 9.17) is 11.6 Å². The summed E-state index contributed by atoms with van der Waals surface area (Å²) in [6.07, 6.45) is 0.427. The van der Waals surface area contributed by atoms with Crippen LogP contribution in [-0.4, -0.2) is 19.6 Å². The van der Waals surface area contributed by atoms with E-state index in [1.165, 1.54) is 29.0 Å². The average molecular weight is 281 g/mol. The van der Waals surface area contributed by atoms with Gasteiger partial charge >= 0.3 is 0 Å². The summed E-state index contributed by atoms with van der Waals surface area (Å²) in [5.74, 6) is 0. The summed E-state index contributed by atoms with van der Waals surface area (Å²) in [5, 5.41) is 4.37. The van der Waals surface area contributed by atoms with Gasteiger partial charge in [0.2, 0.25) is 0 Å². The van der Waals surface area contributed by atoms with Crippen LogP contribution in [0.2, 0.25) is 5.02 Å². The van der Waals surface area contributed by atoms with Crippen molar-refractivity contribution in [3.05, 3.63) is 47.4 Å². The summed E-state index contributed by atoms with van der Waals surface area (Å²) in [7, 11) is 0. The van der Waals surface area contributed by atoms with Crippen molar-refractivity contribution in [2.24, 2.45) is 0 Å². The molecule has 0 saturated heterocycles.